The van der Waals surface area contributed by atoms with E-state index in [1.54, 1.807) is 0 Å². The molecule has 0 saturated carbocycles. The van der Waals surface area contributed by atoms with Crippen LogP contribution in [0.1, 0.15) is 13.3 Å². The van der Waals surface area contributed by atoms with Gasteiger partial charge in [0.15, 0.2) is 9.84 Å². The van der Waals surface area contributed by atoms with Crippen LogP contribution in [0.15, 0.2) is 21.6 Å². The first-order chi connectivity index (χ1) is 9.73. The highest BCUT2D eigenvalue weighted by Gasteiger charge is 2.32. The Morgan fingerprint density at radius 2 is 2.19 bits per heavy atom. The second-order valence-corrected chi connectivity index (χ2v) is 9.58. The summed E-state index contributed by atoms with van der Waals surface area (Å²) in [4.78, 5) is 4.04. The first kappa shape index (κ1) is 16.7. The maximum absolute atomic E-state index is 12.4. The van der Waals surface area contributed by atoms with Crippen molar-refractivity contribution < 1.29 is 16.8 Å². The van der Waals surface area contributed by atoms with Crippen LogP contribution in [-0.4, -0.2) is 45.9 Å². The van der Waals surface area contributed by atoms with Gasteiger partial charge in [-0.1, -0.05) is 0 Å². The number of anilines is 1. The predicted molar refractivity (Wildman–Crippen MR) is 83.5 cm³/mol. The van der Waals surface area contributed by atoms with Gasteiger partial charge in [0.05, 0.1) is 11.5 Å². The summed E-state index contributed by atoms with van der Waals surface area (Å²) in [6, 6.07) is 0.852. The lowest BCUT2D eigenvalue weighted by atomic mass is 10.3. The zero-order valence-electron chi connectivity index (χ0n) is 11.3. The Kier molecular flexibility index (Phi) is 4.91. The summed E-state index contributed by atoms with van der Waals surface area (Å²) in [6.07, 6.45) is 1.79. The van der Waals surface area contributed by atoms with Gasteiger partial charge >= 0.3 is 0 Å². The smallest absolute Gasteiger partial charge is 0.244 e. The van der Waals surface area contributed by atoms with Gasteiger partial charge in [0, 0.05) is 23.3 Å². The molecule has 0 radical (unpaired) electrons. The molecule has 2 heterocycles. The van der Waals surface area contributed by atoms with E-state index in [1.165, 1.54) is 12.3 Å². The Morgan fingerprint density at radius 3 is 2.76 bits per heavy atom. The number of sulfone groups is 1. The molecule has 0 bridgehead atoms. The van der Waals surface area contributed by atoms with Gasteiger partial charge in [-0.15, -0.1) is 0 Å². The Hall–Kier alpha value is -0.710. The SMILES string of the molecule is CCNc1ncc(Br)cc1S(=O)(=O)NC1CCS(=O)(=O)C1. The average Bonchev–Trinajstić information content (AvgIpc) is 2.70. The molecular weight excluding hydrogens is 382 g/mol. The minimum atomic E-state index is -3.84. The van der Waals surface area contributed by atoms with Crippen molar-refractivity contribution in [2.75, 3.05) is 23.4 Å². The minimum Gasteiger partial charge on any atom is -0.369 e. The molecule has 1 aliphatic heterocycles. The topological polar surface area (TPSA) is 105 Å². The second-order valence-electron chi connectivity index (χ2n) is 4.75. The standard InChI is InChI=1S/C11H16BrN3O4S2/c1-2-13-11-10(5-8(12)6-14-11)21(18,19)15-9-3-4-20(16,17)7-9/h5-6,9,15H,2-4,7H2,1H3,(H,13,14). The summed E-state index contributed by atoms with van der Waals surface area (Å²) >= 11 is 3.19. The van der Waals surface area contributed by atoms with Crippen molar-refractivity contribution in [1.29, 1.82) is 0 Å². The summed E-state index contributed by atoms with van der Waals surface area (Å²) in [5, 5.41) is 2.88. The lowest BCUT2D eigenvalue weighted by Gasteiger charge is -2.14. The first-order valence-corrected chi connectivity index (χ1v) is 10.5. The minimum absolute atomic E-state index is 0.00280. The Bertz CT molecular complexity index is 734. The molecule has 0 spiro atoms. The summed E-state index contributed by atoms with van der Waals surface area (Å²) in [5.41, 5.74) is 0. The molecule has 118 valence electrons. The van der Waals surface area contributed by atoms with Crippen molar-refractivity contribution >= 4 is 41.6 Å². The molecule has 2 rings (SSSR count). The van der Waals surface area contributed by atoms with E-state index in [4.69, 9.17) is 0 Å². The van der Waals surface area contributed by atoms with Crippen LogP contribution in [0.25, 0.3) is 0 Å². The largest absolute Gasteiger partial charge is 0.369 e. The Morgan fingerprint density at radius 1 is 1.48 bits per heavy atom. The normalized spacial score (nSPS) is 21.3. The number of aromatic nitrogens is 1. The summed E-state index contributed by atoms with van der Waals surface area (Å²) in [7, 11) is -6.98. The fourth-order valence-electron chi connectivity index (χ4n) is 2.10. The molecule has 0 aromatic carbocycles. The van der Waals surface area contributed by atoms with Crippen LogP contribution < -0.4 is 10.0 Å². The van der Waals surface area contributed by atoms with Crippen molar-refractivity contribution in [3.63, 3.8) is 0 Å². The molecule has 1 fully saturated rings. The number of pyridine rings is 1. The van der Waals surface area contributed by atoms with Crippen LogP contribution in [0.3, 0.4) is 0 Å². The maximum atomic E-state index is 12.4. The molecule has 1 saturated heterocycles. The lowest BCUT2D eigenvalue weighted by Crippen LogP contribution is -2.36. The number of nitrogens with zero attached hydrogens (tertiary/aromatic N) is 1. The molecular formula is C11H16BrN3O4S2. The van der Waals surface area contributed by atoms with E-state index in [0.717, 1.165) is 0 Å². The van der Waals surface area contributed by atoms with E-state index in [1.807, 2.05) is 6.92 Å². The number of sulfonamides is 1. The predicted octanol–water partition coefficient (Wildman–Crippen LogP) is 0.741. The van der Waals surface area contributed by atoms with Crippen LogP contribution in [0.2, 0.25) is 0 Å². The molecule has 1 unspecified atom stereocenters. The van der Waals surface area contributed by atoms with Gasteiger partial charge in [-0.2, -0.15) is 0 Å². The van der Waals surface area contributed by atoms with Crippen LogP contribution in [-0.2, 0) is 19.9 Å². The Balaban J connectivity index is 2.29. The molecule has 0 amide bonds. The molecule has 1 atom stereocenters. The molecule has 1 aromatic rings. The zero-order chi connectivity index (χ0) is 15.7. The van der Waals surface area contributed by atoms with E-state index in [0.29, 0.717) is 17.4 Å². The Labute approximate surface area is 132 Å². The van der Waals surface area contributed by atoms with E-state index < -0.39 is 25.9 Å². The monoisotopic (exact) mass is 397 g/mol. The van der Waals surface area contributed by atoms with Crippen molar-refractivity contribution in [2.24, 2.45) is 0 Å². The van der Waals surface area contributed by atoms with Crippen LogP contribution in [0, 0.1) is 0 Å². The number of hydrogen-bond acceptors (Lipinski definition) is 6. The quantitative estimate of drug-likeness (QED) is 0.758. The second kappa shape index (κ2) is 6.19. The zero-order valence-corrected chi connectivity index (χ0v) is 14.6. The number of halogens is 1. The molecule has 10 heteroatoms. The molecule has 1 aliphatic rings. The van der Waals surface area contributed by atoms with Gasteiger partial charge in [-0.3, -0.25) is 0 Å². The van der Waals surface area contributed by atoms with Crippen molar-refractivity contribution in [1.82, 2.24) is 9.71 Å². The highest BCUT2D eigenvalue weighted by atomic mass is 79.9. The first-order valence-electron chi connectivity index (χ1n) is 6.35. The summed E-state index contributed by atoms with van der Waals surface area (Å²) in [5.74, 6) is 0.0929. The fourth-order valence-corrected chi connectivity index (χ4v) is 5.79. The molecule has 21 heavy (non-hydrogen) atoms. The molecule has 7 nitrogen and oxygen atoms in total. The van der Waals surface area contributed by atoms with E-state index in [2.05, 4.69) is 31.0 Å². The van der Waals surface area contributed by atoms with Crippen molar-refractivity contribution in [2.45, 2.75) is 24.3 Å². The highest BCUT2D eigenvalue weighted by Crippen LogP contribution is 2.24. The average molecular weight is 398 g/mol. The number of nitrogens with one attached hydrogen (secondary N) is 2. The number of hydrogen-bond donors (Lipinski definition) is 2. The van der Waals surface area contributed by atoms with Gasteiger partial charge in [0.1, 0.15) is 10.7 Å². The summed E-state index contributed by atoms with van der Waals surface area (Å²) < 4.78 is 50.7. The maximum Gasteiger partial charge on any atom is 0.244 e. The third-order valence-corrected chi connectivity index (χ3v) is 6.74. The third kappa shape index (κ3) is 4.15. The van der Waals surface area contributed by atoms with Crippen LogP contribution >= 0.6 is 15.9 Å². The van der Waals surface area contributed by atoms with Gasteiger partial charge in [-0.25, -0.2) is 26.5 Å². The van der Waals surface area contributed by atoms with Gasteiger partial charge in [0.2, 0.25) is 10.0 Å². The van der Waals surface area contributed by atoms with Crippen LogP contribution in [0.4, 0.5) is 5.82 Å². The van der Waals surface area contributed by atoms with Gasteiger partial charge in [0.25, 0.3) is 0 Å². The lowest BCUT2D eigenvalue weighted by molar-refractivity contribution is 0.562. The fraction of sp³-hybridized carbons (Fsp3) is 0.545. The van der Waals surface area contributed by atoms with Crippen molar-refractivity contribution in [3.05, 3.63) is 16.7 Å². The number of rotatable bonds is 5. The van der Waals surface area contributed by atoms with Crippen LogP contribution in [0.5, 0.6) is 0 Å². The van der Waals surface area contributed by atoms with Gasteiger partial charge in [-0.05, 0) is 35.3 Å². The van der Waals surface area contributed by atoms with Gasteiger partial charge < -0.3 is 5.32 Å². The summed E-state index contributed by atoms with van der Waals surface area (Å²) in [6.45, 7) is 2.35. The van der Waals surface area contributed by atoms with E-state index >= 15 is 0 Å². The molecule has 0 aliphatic carbocycles. The molecule has 1 aromatic heterocycles. The van der Waals surface area contributed by atoms with Crippen molar-refractivity contribution in [3.8, 4) is 0 Å². The van der Waals surface area contributed by atoms with E-state index in [9.17, 15) is 16.8 Å². The third-order valence-electron chi connectivity index (χ3n) is 3.01. The highest BCUT2D eigenvalue weighted by molar-refractivity contribution is 9.10. The molecule has 2 N–H and O–H groups in total. The van der Waals surface area contributed by atoms with E-state index in [-0.39, 0.29) is 22.2 Å².